The van der Waals surface area contributed by atoms with E-state index in [0.717, 1.165) is 0 Å². The summed E-state index contributed by atoms with van der Waals surface area (Å²) in [4.78, 5) is 32.0. The molecule has 2 amide bonds. The van der Waals surface area contributed by atoms with Crippen LogP contribution in [-0.2, 0) is 4.79 Å². The zero-order valence-electron chi connectivity index (χ0n) is 10.6. The van der Waals surface area contributed by atoms with Gasteiger partial charge in [0.25, 0.3) is 5.69 Å². The topological polar surface area (TPSA) is 142 Å². The van der Waals surface area contributed by atoms with Crippen LogP contribution >= 0.6 is 15.9 Å². The fourth-order valence-corrected chi connectivity index (χ4v) is 1.74. The highest BCUT2D eigenvalue weighted by Crippen LogP contribution is 2.27. The molecule has 1 unspecified atom stereocenters. The number of nitrogens with one attached hydrogen (secondary N) is 2. The molecule has 1 aromatic rings. The number of anilines is 1. The molecule has 1 atom stereocenters. The van der Waals surface area contributed by atoms with Crippen molar-refractivity contribution in [2.75, 3.05) is 11.9 Å². The number of aliphatic carboxylic acids is 1. The van der Waals surface area contributed by atoms with Gasteiger partial charge < -0.3 is 20.8 Å². The summed E-state index contributed by atoms with van der Waals surface area (Å²) in [5.74, 6) is -1.37. The molecule has 0 aliphatic rings. The summed E-state index contributed by atoms with van der Waals surface area (Å²) >= 11 is 3.02. The van der Waals surface area contributed by atoms with Crippen molar-refractivity contribution in [1.29, 1.82) is 0 Å². The molecule has 0 heterocycles. The Morgan fingerprint density at radius 2 is 2.10 bits per heavy atom. The van der Waals surface area contributed by atoms with E-state index in [4.69, 9.17) is 10.2 Å². The largest absolute Gasteiger partial charge is 0.479 e. The monoisotopic (exact) mass is 361 g/mol. The average Bonchev–Trinajstić information content (AvgIpc) is 2.40. The lowest BCUT2D eigenvalue weighted by molar-refractivity contribution is -0.385. The van der Waals surface area contributed by atoms with Gasteiger partial charge in [-0.05, 0) is 28.1 Å². The molecule has 4 N–H and O–H groups in total. The van der Waals surface area contributed by atoms with Gasteiger partial charge in [-0.15, -0.1) is 0 Å². The van der Waals surface area contributed by atoms with Gasteiger partial charge in [0.2, 0.25) is 0 Å². The summed E-state index contributed by atoms with van der Waals surface area (Å²) in [6.45, 7) is -0.0576. The minimum atomic E-state index is -1.56. The van der Waals surface area contributed by atoms with Gasteiger partial charge in [-0.2, -0.15) is 0 Å². The minimum Gasteiger partial charge on any atom is -0.479 e. The summed E-state index contributed by atoms with van der Waals surface area (Å²) in [5.41, 5.74) is 0.00952. The molecule has 0 aromatic heterocycles. The van der Waals surface area contributed by atoms with Gasteiger partial charge in [0.1, 0.15) is 0 Å². The standard InChI is InChI=1S/C11H12BrN3O6/c12-7-2-1-6(5-8(7)15(20)21)14-11(19)13-4-3-9(16)10(17)18/h1-2,5,9,16H,3-4H2,(H,17,18)(H2,13,14,19). The summed E-state index contributed by atoms with van der Waals surface area (Å²) in [5, 5.41) is 32.9. The number of hydrogen-bond acceptors (Lipinski definition) is 5. The molecular weight excluding hydrogens is 350 g/mol. The lowest BCUT2D eigenvalue weighted by atomic mass is 10.2. The third-order valence-electron chi connectivity index (χ3n) is 2.39. The number of nitrogens with zero attached hydrogens (tertiary/aromatic N) is 1. The van der Waals surface area contributed by atoms with Crippen molar-refractivity contribution in [1.82, 2.24) is 5.32 Å². The predicted molar refractivity (Wildman–Crippen MR) is 76.1 cm³/mol. The van der Waals surface area contributed by atoms with Crippen LogP contribution in [0.3, 0.4) is 0 Å². The van der Waals surface area contributed by atoms with Crippen LogP contribution in [0.1, 0.15) is 6.42 Å². The molecule has 9 nitrogen and oxygen atoms in total. The van der Waals surface area contributed by atoms with Crippen LogP contribution in [-0.4, -0.2) is 39.8 Å². The van der Waals surface area contributed by atoms with Gasteiger partial charge in [-0.3, -0.25) is 10.1 Å². The zero-order valence-corrected chi connectivity index (χ0v) is 12.2. The van der Waals surface area contributed by atoms with Crippen LogP contribution in [0, 0.1) is 10.1 Å². The van der Waals surface area contributed by atoms with Crippen LogP contribution in [0.4, 0.5) is 16.2 Å². The van der Waals surface area contributed by atoms with E-state index in [1.165, 1.54) is 18.2 Å². The van der Waals surface area contributed by atoms with Crippen LogP contribution in [0.2, 0.25) is 0 Å². The van der Waals surface area contributed by atoms with Gasteiger partial charge in [0, 0.05) is 24.7 Å². The molecule has 1 aromatic carbocycles. The Labute approximate surface area is 127 Å². The second-order valence-electron chi connectivity index (χ2n) is 3.95. The number of halogens is 1. The normalized spacial score (nSPS) is 11.5. The maximum atomic E-state index is 11.5. The van der Waals surface area contributed by atoms with Crippen LogP contribution in [0.25, 0.3) is 0 Å². The number of benzene rings is 1. The Morgan fingerprint density at radius 1 is 1.43 bits per heavy atom. The number of rotatable bonds is 6. The van der Waals surface area contributed by atoms with E-state index in [1.54, 1.807) is 0 Å². The molecule has 0 saturated heterocycles. The van der Waals surface area contributed by atoms with E-state index in [2.05, 4.69) is 26.6 Å². The highest BCUT2D eigenvalue weighted by molar-refractivity contribution is 9.10. The summed E-state index contributed by atoms with van der Waals surface area (Å²) in [6.07, 6.45) is -1.71. The quantitative estimate of drug-likeness (QED) is 0.444. The molecule has 21 heavy (non-hydrogen) atoms. The maximum Gasteiger partial charge on any atom is 0.332 e. The number of carboxylic acids is 1. The highest BCUT2D eigenvalue weighted by atomic mass is 79.9. The van der Waals surface area contributed by atoms with Crippen molar-refractivity contribution in [3.63, 3.8) is 0 Å². The first kappa shape index (κ1) is 16.9. The van der Waals surface area contributed by atoms with Crippen LogP contribution < -0.4 is 10.6 Å². The first-order chi connectivity index (χ1) is 9.81. The second-order valence-corrected chi connectivity index (χ2v) is 4.80. The SMILES string of the molecule is O=C(NCCC(O)C(=O)O)Nc1ccc(Br)c([N+](=O)[O-])c1. The number of hydrogen-bond donors (Lipinski definition) is 4. The first-order valence-corrected chi connectivity index (χ1v) is 6.50. The van der Waals surface area contributed by atoms with Gasteiger partial charge in [0.05, 0.1) is 9.40 Å². The Balaban J connectivity index is 2.54. The van der Waals surface area contributed by atoms with Gasteiger partial charge in [0.15, 0.2) is 6.10 Å². The lowest BCUT2D eigenvalue weighted by Gasteiger charge is -2.09. The van der Waals surface area contributed by atoms with Crippen molar-refractivity contribution in [2.24, 2.45) is 0 Å². The number of urea groups is 1. The highest BCUT2D eigenvalue weighted by Gasteiger charge is 2.15. The number of carbonyl (C=O) groups excluding carboxylic acids is 1. The van der Waals surface area contributed by atoms with Gasteiger partial charge in [-0.25, -0.2) is 9.59 Å². The predicted octanol–water partition coefficient (Wildman–Crippen LogP) is 1.31. The van der Waals surface area contributed by atoms with Gasteiger partial charge >= 0.3 is 12.0 Å². The average molecular weight is 362 g/mol. The molecule has 1 rings (SSSR count). The number of aliphatic hydroxyl groups excluding tert-OH is 1. The molecule has 0 bridgehead atoms. The molecule has 0 radical (unpaired) electrons. The van der Waals surface area contributed by atoms with Crippen molar-refractivity contribution < 1.29 is 24.7 Å². The first-order valence-electron chi connectivity index (χ1n) is 5.71. The Hall–Kier alpha value is -2.20. The van der Waals surface area contributed by atoms with Crippen LogP contribution in [0.5, 0.6) is 0 Å². The number of aliphatic hydroxyl groups is 1. The lowest BCUT2D eigenvalue weighted by Crippen LogP contribution is -2.33. The molecule has 0 fully saturated rings. The van der Waals surface area contributed by atoms with Crippen molar-refractivity contribution in [3.8, 4) is 0 Å². The Morgan fingerprint density at radius 3 is 2.67 bits per heavy atom. The summed E-state index contributed by atoms with van der Waals surface area (Å²) < 4.78 is 0.281. The van der Waals surface area contributed by atoms with Gasteiger partial charge in [-0.1, -0.05) is 0 Å². The fourth-order valence-electron chi connectivity index (χ4n) is 1.35. The summed E-state index contributed by atoms with van der Waals surface area (Å²) in [7, 11) is 0. The van der Waals surface area contributed by atoms with E-state index in [1.807, 2.05) is 0 Å². The second kappa shape index (κ2) is 7.55. The molecule has 0 spiro atoms. The van der Waals surface area contributed by atoms with Crippen molar-refractivity contribution >= 4 is 39.3 Å². The van der Waals surface area contributed by atoms with Crippen molar-refractivity contribution in [3.05, 3.63) is 32.8 Å². The van der Waals surface area contributed by atoms with Crippen LogP contribution in [0.15, 0.2) is 22.7 Å². The third-order valence-corrected chi connectivity index (χ3v) is 3.06. The van der Waals surface area contributed by atoms with E-state index in [0.29, 0.717) is 0 Å². The minimum absolute atomic E-state index is 0.0576. The molecule has 0 aliphatic heterocycles. The fraction of sp³-hybridized carbons (Fsp3) is 0.273. The zero-order chi connectivity index (χ0) is 16.0. The molecule has 114 valence electrons. The number of nitro benzene ring substituents is 1. The third kappa shape index (κ3) is 5.36. The van der Waals surface area contributed by atoms with E-state index >= 15 is 0 Å². The molecule has 10 heteroatoms. The Kier molecular flexibility index (Phi) is 6.06. The van der Waals surface area contributed by atoms with E-state index in [-0.39, 0.29) is 28.8 Å². The summed E-state index contributed by atoms with van der Waals surface area (Å²) in [6, 6.07) is 3.39. The number of carbonyl (C=O) groups is 2. The number of amides is 2. The van der Waals surface area contributed by atoms with E-state index < -0.39 is 23.0 Å². The van der Waals surface area contributed by atoms with E-state index in [9.17, 15) is 19.7 Å². The van der Waals surface area contributed by atoms with Crippen molar-refractivity contribution in [2.45, 2.75) is 12.5 Å². The molecular formula is C11H12BrN3O6. The number of nitro groups is 1. The Bertz CT molecular complexity index is 565. The molecule has 0 saturated carbocycles. The number of carboxylic acid groups (broad SMARTS) is 1. The maximum absolute atomic E-state index is 11.5. The molecule has 0 aliphatic carbocycles. The smallest absolute Gasteiger partial charge is 0.332 e.